The van der Waals surface area contributed by atoms with Crippen LogP contribution in [0.25, 0.3) is 0 Å². The standard InChI is InChI=1S/C14H16ClNO4/c1-2-3-4-12(14(18)19)16-13(17)9-20-11-7-5-10(15)6-8-11/h2,5-8,12H,1,3-4,9H2,(H,16,17)(H,18,19). The number of nitrogens with one attached hydrogen (secondary N) is 1. The number of carbonyl (C=O) groups is 2. The molecule has 0 bridgehead atoms. The van der Waals surface area contributed by atoms with Crippen molar-refractivity contribution in [2.45, 2.75) is 18.9 Å². The molecule has 1 unspecified atom stereocenters. The van der Waals surface area contributed by atoms with Crippen LogP contribution in [0.1, 0.15) is 12.8 Å². The number of carboxylic acids is 1. The van der Waals surface area contributed by atoms with E-state index >= 15 is 0 Å². The van der Waals surface area contributed by atoms with Gasteiger partial charge < -0.3 is 15.2 Å². The molecule has 20 heavy (non-hydrogen) atoms. The van der Waals surface area contributed by atoms with Gasteiger partial charge in [-0.05, 0) is 37.1 Å². The Kier molecular flexibility index (Phi) is 6.59. The molecule has 0 aliphatic carbocycles. The topological polar surface area (TPSA) is 75.6 Å². The van der Waals surface area contributed by atoms with Gasteiger partial charge in [0, 0.05) is 5.02 Å². The zero-order valence-corrected chi connectivity index (χ0v) is 11.6. The van der Waals surface area contributed by atoms with Gasteiger partial charge in [0.1, 0.15) is 11.8 Å². The van der Waals surface area contributed by atoms with E-state index in [1.807, 2.05) is 0 Å². The van der Waals surface area contributed by atoms with Gasteiger partial charge in [-0.1, -0.05) is 17.7 Å². The summed E-state index contributed by atoms with van der Waals surface area (Å²) in [6, 6.07) is 5.59. The van der Waals surface area contributed by atoms with Crippen LogP contribution in [0, 0.1) is 0 Å². The highest BCUT2D eigenvalue weighted by Gasteiger charge is 2.19. The fraction of sp³-hybridized carbons (Fsp3) is 0.286. The van der Waals surface area contributed by atoms with E-state index < -0.39 is 17.9 Å². The Morgan fingerprint density at radius 3 is 2.60 bits per heavy atom. The van der Waals surface area contributed by atoms with Crippen molar-refractivity contribution in [2.24, 2.45) is 0 Å². The summed E-state index contributed by atoms with van der Waals surface area (Å²) in [6.07, 6.45) is 2.41. The minimum absolute atomic E-state index is 0.250. The highest BCUT2D eigenvalue weighted by molar-refractivity contribution is 6.30. The second kappa shape index (κ2) is 8.22. The number of rotatable bonds is 8. The Morgan fingerprint density at radius 1 is 1.40 bits per heavy atom. The number of aliphatic carboxylic acids is 1. The molecule has 1 aromatic rings. The molecule has 108 valence electrons. The van der Waals surface area contributed by atoms with E-state index in [2.05, 4.69) is 11.9 Å². The van der Waals surface area contributed by atoms with Gasteiger partial charge in [0.15, 0.2) is 6.61 Å². The maximum Gasteiger partial charge on any atom is 0.326 e. The van der Waals surface area contributed by atoms with E-state index in [0.29, 0.717) is 23.6 Å². The minimum Gasteiger partial charge on any atom is -0.484 e. The minimum atomic E-state index is -1.08. The summed E-state index contributed by atoms with van der Waals surface area (Å²) in [5.74, 6) is -1.08. The predicted molar refractivity (Wildman–Crippen MR) is 75.9 cm³/mol. The lowest BCUT2D eigenvalue weighted by Crippen LogP contribution is -2.42. The number of carboxylic acid groups (broad SMARTS) is 1. The molecule has 0 aromatic heterocycles. The second-order valence-electron chi connectivity index (χ2n) is 4.07. The molecular formula is C14H16ClNO4. The Labute approximate surface area is 122 Å². The van der Waals surface area contributed by atoms with Crippen LogP contribution < -0.4 is 10.1 Å². The van der Waals surface area contributed by atoms with E-state index in [1.54, 1.807) is 30.3 Å². The first kappa shape index (κ1) is 16.0. The van der Waals surface area contributed by atoms with Crippen LogP contribution in [0.5, 0.6) is 5.75 Å². The number of hydrogen-bond donors (Lipinski definition) is 2. The molecule has 1 atom stereocenters. The van der Waals surface area contributed by atoms with Gasteiger partial charge in [-0.2, -0.15) is 0 Å². The van der Waals surface area contributed by atoms with Crippen LogP contribution in [0.2, 0.25) is 5.02 Å². The van der Waals surface area contributed by atoms with Crippen LogP contribution in [0.3, 0.4) is 0 Å². The van der Waals surface area contributed by atoms with Gasteiger partial charge >= 0.3 is 5.97 Å². The summed E-state index contributed by atoms with van der Waals surface area (Å²) in [7, 11) is 0. The summed E-state index contributed by atoms with van der Waals surface area (Å²) < 4.78 is 5.22. The molecule has 0 heterocycles. The number of benzene rings is 1. The third kappa shape index (κ3) is 5.75. The number of amides is 1. The Morgan fingerprint density at radius 2 is 2.05 bits per heavy atom. The third-order valence-electron chi connectivity index (χ3n) is 2.48. The van der Waals surface area contributed by atoms with Crippen molar-refractivity contribution >= 4 is 23.5 Å². The number of hydrogen-bond acceptors (Lipinski definition) is 3. The first-order chi connectivity index (χ1) is 9.52. The zero-order chi connectivity index (χ0) is 15.0. The van der Waals surface area contributed by atoms with E-state index in [1.165, 1.54) is 0 Å². The Bertz CT molecular complexity index is 473. The predicted octanol–water partition coefficient (Wildman–Crippen LogP) is 2.25. The number of carbonyl (C=O) groups excluding carboxylic acids is 1. The smallest absolute Gasteiger partial charge is 0.326 e. The molecular weight excluding hydrogens is 282 g/mol. The van der Waals surface area contributed by atoms with Crippen LogP contribution >= 0.6 is 11.6 Å². The number of allylic oxidation sites excluding steroid dienone is 1. The summed E-state index contributed by atoms with van der Waals surface area (Å²) in [5.41, 5.74) is 0. The lowest BCUT2D eigenvalue weighted by atomic mass is 10.1. The Balaban J connectivity index is 2.43. The molecule has 0 saturated heterocycles. The van der Waals surface area contributed by atoms with Crippen molar-refractivity contribution in [1.29, 1.82) is 0 Å². The van der Waals surface area contributed by atoms with Gasteiger partial charge in [-0.15, -0.1) is 6.58 Å². The van der Waals surface area contributed by atoms with Gasteiger partial charge in [-0.3, -0.25) is 4.79 Å². The van der Waals surface area contributed by atoms with Crippen molar-refractivity contribution in [1.82, 2.24) is 5.32 Å². The first-order valence-electron chi connectivity index (χ1n) is 6.04. The Hall–Kier alpha value is -2.01. The lowest BCUT2D eigenvalue weighted by molar-refractivity contribution is -0.142. The largest absolute Gasteiger partial charge is 0.484 e. The average Bonchev–Trinajstić information content (AvgIpc) is 2.42. The van der Waals surface area contributed by atoms with Crippen LogP contribution in [-0.2, 0) is 9.59 Å². The summed E-state index contributed by atoms with van der Waals surface area (Å²) in [6.45, 7) is 3.26. The van der Waals surface area contributed by atoms with E-state index in [-0.39, 0.29) is 6.61 Å². The van der Waals surface area contributed by atoms with Gasteiger partial charge in [0.25, 0.3) is 5.91 Å². The maximum absolute atomic E-state index is 11.6. The molecule has 0 spiro atoms. The van der Waals surface area contributed by atoms with Gasteiger partial charge in [0.2, 0.25) is 0 Å². The first-order valence-corrected chi connectivity index (χ1v) is 6.42. The van der Waals surface area contributed by atoms with Crippen LogP contribution in [-0.4, -0.2) is 29.6 Å². The fourth-order valence-corrected chi connectivity index (χ4v) is 1.58. The molecule has 0 radical (unpaired) electrons. The molecule has 1 aromatic carbocycles. The highest BCUT2D eigenvalue weighted by Crippen LogP contribution is 2.15. The van der Waals surface area contributed by atoms with Crippen LogP contribution in [0.15, 0.2) is 36.9 Å². The number of ether oxygens (including phenoxy) is 1. The van der Waals surface area contributed by atoms with E-state index in [9.17, 15) is 9.59 Å². The van der Waals surface area contributed by atoms with Crippen molar-refractivity contribution in [3.8, 4) is 5.75 Å². The monoisotopic (exact) mass is 297 g/mol. The highest BCUT2D eigenvalue weighted by atomic mass is 35.5. The van der Waals surface area contributed by atoms with E-state index in [4.69, 9.17) is 21.4 Å². The molecule has 0 aliphatic rings. The molecule has 0 aliphatic heterocycles. The average molecular weight is 298 g/mol. The van der Waals surface area contributed by atoms with Gasteiger partial charge in [-0.25, -0.2) is 4.79 Å². The van der Waals surface area contributed by atoms with E-state index in [0.717, 1.165) is 0 Å². The summed E-state index contributed by atoms with van der Waals surface area (Å²) >= 11 is 5.72. The van der Waals surface area contributed by atoms with Crippen LogP contribution in [0.4, 0.5) is 0 Å². The lowest BCUT2D eigenvalue weighted by Gasteiger charge is -2.14. The van der Waals surface area contributed by atoms with Gasteiger partial charge in [0.05, 0.1) is 0 Å². The quantitative estimate of drug-likeness (QED) is 0.722. The second-order valence-corrected chi connectivity index (χ2v) is 4.50. The zero-order valence-electron chi connectivity index (χ0n) is 10.8. The molecule has 0 saturated carbocycles. The normalized spacial score (nSPS) is 11.4. The molecule has 0 fully saturated rings. The van der Waals surface area contributed by atoms with Crippen molar-refractivity contribution in [2.75, 3.05) is 6.61 Å². The van der Waals surface area contributed by atoms with Crippen molar-refractivity contribution < 1.29 is 19.4 Å². The third-order valence-corrected chi connectivity index (χ3v) is 2.73. The molecule has 5 nitrogen and oxygen atoms in total. The van der Waals surface area contributed by atoms with Crippen molar-refractivity contribution in [3.63, 3.8) is 0 Å². The number of halogens is 1. The molecule has 2 N–H and O–H groups in total. The summed E-state index contributed by atoms with van der Waals surface area (Å²) in [5, 5.41) is 11.9. The fourth-order valence-electron chi connectivity index (χ4n) is 1.46. The molecule has 1 amide bonds. The SMILES string of the molecule is C=CCCC(NC(=O)COc1ccc(Cl)cc1)C(=O)O. The van der Waals surface area contributed by atoms with Crippen molar-refractivity contribution in [3.05, 3.63) is 41.9 Å². The molecule has 6 heteroatoms. The summed E-state index contributed by atoms with van der Waals surface area (Å²) in [4.78, 5) is 22.6. The maximum atomic E-state index is 11.6. The molecule has 1 rings (SSSR count).